The van der Waals surface area contributed by atoms with E-state index in [2.05, 4.69) is 0 Å². The van der Waals surface area contributed by atoms with Gasteiger partial charge in [-0.25, -0.2) is 22.3 Å². The Morgan fingerprint density at radius 1 is 0.923 bits per heavy atom. The molecule has 0 aromatic heterocycles. The number of sulfonamides is 1. The van der Waals surface area contributed by atoms with Crippen LogP contribution in [0.15, 0.2) is 71.6 Å². The lowest BCUT2D eigenvalue weighted by Crippen LogP contribution is -2.37. The average molecular weight is 559 g/mol. The molecule has 11 heteroatoms. The second-order valence-corrected chi connectivity index (χ2v) is 10.3. The molecule has 208 valence electrons. The van der Waals surface area contributed by atoms with Crippen molar-refractivity contribution < 1.29 is 36.6 Å². The predicted molar refractivity (Wildman–Crippen MR) is 143 cm³/mol. The van der Waals surface area contributed by atoms with Gasteiger partial charge in [0.2, 0.25) is 0 Å². The first-order valence-corrected chi connectivity index (χ1v) is 13.6. The minimum absolute atomic E-state index is 0.0101. The van der Waals surface area contributed by atoms with Crippen molar-refractivity contribution in [3.8, 4) is 11.5 Å². The normalized spacial score (nSPS) is 11.0. The number of halogens is 1. The van der Waals surface area contributed by atoms with Crippen molar-refractivity contribution in [2.75, 3.05) is 33.9 Å². The standard InChI is InChI=1S/C28H31FN2O7S/c1-20-25(36-2)18-22(19-26(20)37-3)27(32)31(15-7-10-21-8-5-4-6-9-21)16-17-38-28(33)30-39(34,35)24-13-11-23(29)12-14-24/h4-6,8-9,11-14,18-19H,7,10,15-17H2,1-3H3,(H,30,33). The molecule has 0 spiro atoms. The number of ether oxygens (including phenoxy) is 3. The maximum absolute atomic E-state index is 13.5. The van der Waals surface area contributed by atoms with Gasteiger partial charge in [0.05, 0.1) is 25.7 Å². The van der Waals surface area contributed by atoms with Gasteiger partial charge in [-0.1, -0.05) is 30.3 Å². The van der Waals surface area contributed by atoms with E-state index < -0.39 is 21.9 Å². The van der Waals surface area contributed by atoms with Crippen molar-refractivity contribution in [3.05, 3.63) is 89.2 Å². The molecule has 9 nitrogen and oxygen atoms in total. The largest absolute Gasteiger partial charge is 0.496 e. The van der Waals surface area contributed by atoms with E-state index in [1.807, 2.05) is 37.3 Å². The van der Waals surface area contributed by atoms with Crippen molar-refractivity contribution >= 4 is 22.0 Å². The third-order valence-corrected chi connectivity index (χ3v) is 7.29. The summed E-state index contributed by atoms with van der Waals surface area (Å²) >= 11 is 0. The van der Waals surface area contributed by atoms with Crippen molar-refractivity contribution in [1.29, 1.82) is 0 Å². The Bertz CT molecular complexity index is 1360. The van der Waals surface area contributed by atoms with Gasteiger partial charge in [0.15, 0.2) is 0 Å². The highest BCUT2D eigenvalue weighted by Gasteiger charge is 2.22. The smallest absolute Gasteiger partial charge is 0.421 e. The molecule has 0 atom stereocenters. The van der Waals surface area contributed by atoms with E-state index in [4.69, 9.17) is 14.2 Å². The summed E-state index contributed by atoms with van der Waals surface area (Å²) in [6.45, 7) is 1.92. The molecule has 3 aromatic rings. The molecule has 0 saturated carbocycles. The van der Waals surface area contributed by atoms with Crippen LogP contribution in [0.2, 0.25) is 0 Å². The number of benzene rings is 3. The van der Waals surface area contributed by atoms with E-state index in [0.29, 0.717) is 30.0 Å². The third kappa shape index (κ3) is 8.18. The quantitative estimate of drug-likeness (QED) is 0.352. The van der Waals surface area contributed by atoms with Crippen LogP contribution in [0, 0.1) is 12.7 Å². The summed E-state index contributed by atoms with van der Waals surface area (Å²) in [5, 5.41) is 0. The molecule has 0 saturated heterocycles. The van der Waals surface area contributed by atoms with Gasteiger partial charge in [0, 0.05) is 17.7 Å². The Balaban J connectivity index is 1.69. The molecule has 1 N–H and O–H groups in total. The maximum Gasteiger partial charge on any atom is 0.421 e. The average Bonchev–Trinajstić information content (AvgIpc) is 2.92. The van der Waals surface area contributed by atoms with E-state index in [9.17, 15) is 22.4 Å². The summed E-state index contributed by atoms with van der Waals surface area (Å²) in [4.78, 5) is 26.9. The zero-order valence-corrected chi connectivity index (χ0v) is 22.8. The van der Waals surface area contributed by atoms with E-state index in [1.165, 1.54) is 19.1 Å². The molecule has 0 aliphatic heterocycles. The van der Waals surface area contributed by atoms with Gasteiger partial charge < -0.3 is 19.1 Å². The SMILES string of the molecule is COc1cc(C(=O)N(CCCc2ccccc2)CCOC(=O)NS(=O)(=O)c2ccc(F)cc2)cc(OC)c1C. The number of methoxy groups -OCH3 is 2. The maximum atomic E-state index is 13.5. The zero-order valence-electron chi connectivity index (χ0n) is 22.0. The lowest BCUT2D eigenvalue weighted by atomic mass is 10.1. The van der Waals surface area contributed by atoms with Crippen molar-refractivity contribution in [2.24, 2.45) is 0 Å². The Morgan fingerprint density at radius 3 is 2.13 bits per heavy atom. The highest BCUT2D eigenvalue weighted by Crippen LogP contribution is 2.30. The molecule has 0 unspecified atom stereocenters. The van der Waals surface area contributed by atoms with Crippen LogP contribution < -0.4 is 14.2 Å². The fraction of sp³-hybridized carbons (Fsp3) is 0.286. The minimum Gasteiger partial charge on any atom is -0.496 e. The monoisotopic (exact) mass is 558 g/mol. The van der Waals surface area contributed by atoms with Crippen LogP contribution in [0.4, 0.5) is 9.18 Å². The van der Waals surface area contributed by atoms with E-state index >= 15 is 0 Å². The Hall–Kier alpha value is -4.12. The fourth-order valence-electron chi connectivity index (χ4n) is 3.89. The second-order valence-electron chi connectivity index (χ2n) is 8.58. The molecule has 0 radical (unpaired) electrons. The minimum atomic E-state index is -4.25. The molecule has 0 fully saturated rings. The van der Waals surface area contributed by atoms with Crippen molar-refractivity contribution in [2.45, 2.75) is 24.7 Å². The highest BCUT2D eigenvalue weighted by molar-refractivity contribution is 7.90. The first-order chi connectivity index (χ1) is 18.6. The van der Waals surface area contributed by atoms with Gasteiger partial charge >= 0.3 is 6.09 Å². The fourth-order valence-corrected chi connectivity index (χ4v) is 4.78. The van der Waals surface area contributed by atoms with Crippen LogP contribution >= 0.6 is 0 Å². The first kappa shape index (κ1) is 29.4. The number of rotatable bonds is 12. The van der Waals surface area contributed by atoms with Gasteiger partial charge in [0.1, 0.15) is 23.9 Å². The molecule has 3 rings (SSSR count). The van der Waals surface area contributed by atoms with E-state index in [0.717, 1.165) is 41.8 Å². The molecule has 0 aliphatic carbocycles. The van der Waals surface area contributed by atoms with Crippen LogP contribution in [0.3, 0.4) is 0 Å². The third-order valence-electron chi connectivity index (χ3n) is 5.96. The van der Waals surface area contributed by atoms with Gasteiger partial charge in [-0.2, -0.15) is 0 Å². The van der Waals surface area contributed by atoms with Crippen molar-refractivity contribution in [3.63, 3.8) is 0 Å². The Kier molecular flexibility index (Phi) is 10.3. The molecule has 2 amide bonds. The highest BCUT2D eigenvalue weighted by atomic mass is 32.2. The number of nitrogens with zero attached hydrogens (tertiary/aromatic N) is 1. The van der Waals surface area contributed by atoms with E-state index in [1.54, 1.807) is 16.9 Å². The molecular weight excluding hydrogens is 527 g/mol. The number of amides is 2. The van der Waals surface area contributed by atoms with Crippen molar-refractivity contribution in [1.82, 2.24) is 9.62 Å². The number of aryl methyl sites for hydroxylation is 1. The molecular formula is C28H31FN2O7S. The van der Waals surface area contributed by atoms with Crippen LogP contribution in [0.25, 0.3) is 0 Å². The summed E-state index contributed by atoms with van der Waals surface area (Å²) < 4.78 is 55.4. The zero-order chi connectivity index (χ0) is 28.4. The molecule has 39 heavy (non-hydrogen) atoms. The summed E-state index contributed by atoms with van der Waals surface area (Å²) in [6.07, 6.45) is 0.151. The first-order valence-electron chi connectivity index (χ1n) is 12.2. The second kappa shape index (κ2) is 13.6. The number of carbonyl (C=O) groups excluding carboxylic acids is 2. The van der Waals surface area contributed by atoms with Crippen LogP contribution in [0.1, 0.15) is 27.9 Å². The van der Waals surface area contributed by atoms with Crippen LogP contribution in [0.5, 0.6) is 11.5 Å². The predicted octanol–water partition coefficient (Wildman–Crippen LogP) is 4.34. The van der Waals surface area contributed by atoms with Crippen LogP contribution in [-0.4, -0.2) is 59.2 Å². The lowest BCUT2D eigenvalue weighted by molar-refractivity contribution is 0.0697. The molecule has 0 aliphatic rings. The summed E-state index contributed by atoms with van der Waals surface area (Å²) in [5.41, 5.74) is 2.19. The van der Waals surface area contributed by atoms with Gasteiger partial charge in [-0.05, 0) is 61.7 Å². The van der Waals surface area contributed by atoms with Gasteiger partial charge in [-0.15, -0.1) is 0 Å². The Labute approximate surface area is 227 Å². The van der Waals surface area contributed by atoms with Gasteiger partial charge in [-0.3, -0.25) is 4.79 Å². The summed E-state index contributed by atoms with van der Waals surface area (Å²) in [6, 6.07) is 17.0. The number of hydrogen-bond donors (Lipinski definition) is 1. The Morgan fingerprint density at radius 2 is 1.54 bits per heavy atom. The number of nitrogens with one attached hydrogen (secondary N) is 1. The number of carbonyl (C=O) groups is 2. The molecule has 0 heterocycles. The van der Waals surface area contributed by atoms with Gasteiger partial charge in [0.25, 0.3) is 15.9 Å². The van der Waals surface area contributed by atoms with E-state index in [-0.39, 0.29) is 24.0 Å². The summed E-state index contributed by atoms with van der Waals surface area (Å²) in [7, 11) is -1.25. The topological polar surface area (TPSA) is 111 Å². The molecule has 3 aromatic carbocycles. The van der Waals surface area contributed by atoms with Crippen LogP contribution in [-0.2, 0) is 21.2 Å². The summed E-state index contributed by atoms with van der Waals surface area (Å²) in [5.74, 6) is 0.0343. The number of hydrogen-bond acceptors (Lipinski definition) is 7. The lowest BCUT2D eigenvalue weighted by Gasteiger charge is -2.24. The molecule has 0 bridgehead atoms.